The smallest absolute Gasteiger partial charge is 0.0159 e. The normalized spacial score (nSPS) is 16.6. The summed E-state index contributed by atoms with van der Waals surface area (Å²) in [4.78, 5) is 0. The van der Waals surface area contributed by atoms with Crippen molar-refractivity contribution >= 4 is 21.5 Å². The molecule has 0 radical (unpaired) electrons. The number of aryl methyl sites for hydroxylation is 2. The Morgan fingerprint density at radius 2 is 0.331 bits per heavy atom. The fourth-order valence-corrected chi connectivity index (χ4v) is 25.8. The molecule has 25 rings (SSSR count). The van der Waals surface area contributed by atoms with E-state index >= 15 is 0 Å². The molecule has 0 aromatic heterocycles. The van der Waals surface area contributed by atoms with Crippen LogP contribution in [0.5, 0.6) is 0 Å². The van der Waals surface area contributed by atoms with Crippen LogP contribution in [0.15, 0.2) is 328 Å². The predicted octanol–water partition coefficient (Wildman–Crippen LogP) is 35.0. The molecule has 0 fully saturated rings. The van der Waals surface area contributed by atoms with Crippen molar-refractivity contribution in [1.82, 2.24) is 0 Å². The lowest BCUT2D eigenvalue weighted by Gasteiger charge is -2.49. The molecule has 0 spiro atoms. The molecular weight excluding hydrogens is 1560 g/mol. The zero-order valence-electron chi connectivity index (χ0n) is 78.2. The topological polar surface area (TPSA) is 0 Å². The van der Waals surface area contributed by atoms with Crippen molar-refractivity contribution in [1.29, 1.82) is 0 Å². The van der Waals surface area contributed by atoms with Crippen LogP contribution in [0.2, 0.25) is 0 Å². The first-order valence-electron chi connectivity index (χ1n) is 47.3. The van der Waals surface area contributed by atoms with Crippen molar-refractivity contribution in [2.45, 2.75) is 168 Å². The van der Waals surface area contributed by atoms with E-state index in [1.165, 1.54) is 277 Å². The maximum atomic E-state index is 2.65. The van der Waals surface area contributed by atoms with Crippen molar-refractivity contribution in [3.63, 3.8) is 0 Å². The van der Waals surface area contributed by atoms with Gasteiger partial charge in [0.1, 0.15) is 0 Å². The molecular formula is C130H108. The Balaban J connectivity index is 0.488. The van der Waals surface area contributed by atoms with Crippen LogP contribution in [0, 0.1) is 13.8 Å². The highest BCUT2D eigenvalue weighted by Gasteiger charge is 2.51. The van der Waals surface area contributed by atoms with Crippen LogP contribution in [0.4, 0.5) is 0 Å². The van der Waals surface area contributed by atoms with Gasteiger partial charge >= 0.3 is 0 Å². The van der Waals surface area contributed by atoms with Gasteiger partial charge in [-0.3, -0.25) is 0 Å². The molecule has 0 nitrogen and oxygen atoms in total. The second-order valence-electron chi connectivity index (χ2n) is 43.5. The molecule has 0 bridgehead atoms. The summed E-state index contributed by atoms with van der Waals surface area (Å²) in [5.74, 6) is 0. The van der Waals surface area contributed by atoms with E-state index in [0.29, 0.717) is 0 Å². The Morgan fingerprint density at radius 3 is 0.623 bits per heavy atom. The van der Waals surface area contributed by atoms with E-state index in [1.807, 2.05) is 0 Å². The largest absolute Gasteiger partial charge is 0.0619 e. The summed E-state index contributed by atoms with van der Waals surface area (Å²) in [6.45, 7) is 43.8. The molecule has 7 aliphatic carbocycles. The van der Waals surface area contributed by atoms with Crippen LogP contribution in [0.1, 0.15) is 200 Å². The summed E-state index contributed by atoms with van der Waals surface area (Å²) in [5, 5.41) is 5.22. The van der Waals surface area contributed by atoms with E-state index in [9.17, 15) is 0 Å². The monoisotopic (exact) mass is 1670 g/mol. The van der Waals surface area contributed by atoms with Crippen molar-refractivity contribution in [3.05, 3.63) is 417 Å². The Bertz CT molecular complexity index is 7640. The van der Waals surface area contributed by atoms with Gasteiger partial charge in [0.05, 0.1) is 0 Å². The minimum atomic E-state index is -0.283. The summed E-state index contributed by atoms with van der Waals surface area (Å²) in [5.41, 5.74) is 60.1. The van der Waals surface area contributed by atoms with Gasteiger partial charge in [0.25, 0.3) is 0 Å². The van der Waals surface area contributed by atoms with Gasteiger partial charge in [0.15, 0.2) is 0 Å². The Hall–Kier alpha value is -13.5. The summed E-state index contributed by atoms with van der Waals surface area (Å²) < 4.78 is 0. The van der Waals surface area contributed by atoms with E-state index in [0.717, 1.165) is 0 Å². The Kier molecular flexibility index (Phi) is 16.1. The van der Waals surface area contributed by atoms with Gasteiger partial charge in [-0.1, -0.05) is 366 Å². The summed E-state index contributed by atoms with van der Waals surface area (Å²) >= 11 is 0. The molecule has 0 heterocycles. The lowest BCUT2D eigenvalue weighted by Crippen LogP contribution is -2.43. The number of rotatable bonds is 8. The van der Waals surface area contributed by atoms with Gasteiger partial charge in [-0.2, -0.15) is 0 Å². The Labute approximate surface area is 767 Å². The number of hydrogen-bond donors (Lipinski definition) is 0. The summed E-state index contributed by atoms with van der Waals surface area (Å²) in [7, 11) is 0. The van der Waals surface area contributed by atoms with Gasteiger partial charge in [-0.15, -0.1) is 0 Å². The van der Waals surface area contributed by atoms with E-state index in [1.54, 1.807) is 0 Å². The maximum absolute atomic E-state index is 2.65. The second-order valence-corrected chi connectivity index (χ2v) is 43.5. The van der Waals surface area contributed by atoms with Crippen LogP contribution in [-0.2, 0) is 43.3 Å². The fourth-order valence-electron chi connectivity index (χ4n) is 25.8. The minimum Gasteiger partial charge on any atom is -0.0619 e. The molecule has 7 aliphatic rings. The van der Waals surface area contributed by atoms with Gasteiger partial charge in [-0.05, 0) is 375 Å². The minimum absolute atomic E-state index is 0.0441. The number of fused-ring (bicyclic) bond motifs is 25. The van der Waals surface area contributed by atoms with E-state index in [-0.39, 0.29) is 43.3 Å². The van der Waals surface area contributed by atoms with Gasteiger partial charge in [0, 0.05) is 32.5 Å². The van der Waals surface area contributed by atoms with Crippen LogP contribution < -0.4 is 0 Å². The zero-order chi connectivity index (χ0) is 89.1. The van der Waals surface area contributed by atoms with Crippen LogP contribution >= 0.6 is 0 Å². The summed E-state index contributed by atoms with van der Waals surface area (Å²) in [6, 6.07) is 128. The van der Waals surface area contributed by atoms with Gasteiger partial charge < -0.3 is 0 Å². The molecule has 0 heteroatoms. The molecule has 18 aromatic rings. The maximum Gasteiger partial charge on any atom is 0.0159 e. The summed E-state index contributed by atoms with van der Waals surface area (Å²) in [6.07, 6.45) is 0. The molecule has 0 unspecified atom stereocenters. The van der Waals surface area contributed by atoms with Gasteiger partial charge in [-0.25, -0.2) is 0 Å². The van der Waals surface area contributed by atoms with Crippen molar-refractivity contribution in [3.8, 4) is 167 Å². The van der Waals surface area contributed by atoms with E-state index < -0.39 is 0 Å². The highest BCUT2D eigenvalue weighted by atomic mass is 14.5. The zero-order valence-corrected chi connectivity index (χ0v) is 78.2. The quantitative estimate of drug-likeness (QED) is 0.142. The Morgan fingerprint density at radius 1 is 0.131 bits per heavy atom. The average Bonchev–Trinajstić information content (AvgIpc) is 1.61. The van der Waals surface area contributed by atoms with Crippen molar-refractivity contribution < 1.29 is 0 Å². The van der Waals surface area contributed by atoms with Crippen LogP contribution in [0.3, 0.4) is 0 Å². The van der Waals surface area contributed by atoms with Crippen LogP contribution in [-0.4, -0.2) is 0 Å². The average molecular weight is 1670 g/mol. The molecule has 0 aliphatic heterocycles. The van der Waals surface area contributed by atoms with Crippen molar-refractivity contribution in [2.24, 2.45) is 0 Å². The predicted molar refractivity (Wildman–Crippen MR) is 551 cm³/mol. The molecule has 18 aromatic carbocycles. The third kappa shape index (κ3) is 10.7. The lowest BCUT2D eigenvalue weighted by molar-refractivity contribution is 0.299. The third-order valence-electron chi connectivity index (χ3n) is 34.2. The van der Waals surface area contributed by atoms with Gasteiger partial charge in [0.2, 0.25) is 0 Å². The SMILES string of the molecule is Cc1cc(-c2ccc3c(c2)C(C)(C)c2cc(-c4ccc5c(c4)C(C)(C)c4ccccc4-5)ccc2-3)ccc1-c1ccc(-c2cc3c(c4ccccc24)-c2cc4c(cc2C3(C)C)-c2cc3c(cc2C(C)(C)C4(C)C)-c2c(cc(-c4ccc(-c5ccc(-c6ccc7c(c6)C(C)(C)c6cc(-c8ccc9c(c8)C(C)(C)c8ccccc8-9)ccc6-7)cc5C)cc4)c4ccccc24)C3(C)C)cc1. The molecule has 0 saturated heterocycles. The molecule has 628 valence electrons. The molecule has 0 amide bonds. The highest BCUT2D eigenvalue weighted by molar-refractivity contribution is 6.12. The first-order chi connectivity index (χ1) is 62.3. The third-order valence-corrected chi connectivity index (χ3v) is 34.2. The molecule has 0 N–H and O–H groups in total. The highest BCUT2D eigenvalue weighted by Crippen LogP contribution is 2.65. The van der Waals surface area contributed by atoms with Crippen LogP contribution in [0.25, 0.3) is 188 Å². The lowest BCUT2D eigenvalue weighted by atomic mass is 9.54. The van der Waals surface area contributed by atoms with Crippen molar-refractivity contribution in [2.75, 3.05) is 0 Å². The first kappa shape index (κ1) is 78.7. The molecule has 130 heavy (non-hydrogen) atoms. The molecule has 0 saturated carbocycles. The standard InChI is InChI=1S/C130H108/c1-73-59-79(81-45-55-95-97-57-49-85(65-113(97)125(7,8)111(95)61-81)83-47-53-93-91-29-23-25-33-107(91)123(3,4)109(93)63-83)43-51-87(73)75-35-39-77(40-36-75)101-67-119-121(99-31-21-19-27-89(99)101)105-71-117-103(69-115(105)127(119,11)12)104-70-116-106(72-118(104)130(17,18)129(117,15)16)122-100-32-22-20-28-90(100)102(68-120(122)128(116,13)14)78-41-37-76(38-42-78)88-52-44-80(60-74(88)2)82-46-56-96-98-58-50-86(66-114(98)126(9,10)112(96)62-82)84-48-54-94-92-30-24-26-34-108(92)124(5,6)110(94)64-84/h19-72H,1-18H3. The number of hydrogen-bond acceptors (Lipinski definition) is 0. The fraction of sp³-hybridized carbons (Fsp3) is 0.200. The van der Waals surface area contributed by atoms with E-state index in [4.69, 9.17) is 0 Å². The number of benzene rings is 18. The first-order valence-corrected chi connectivity index (χ1v) is 47.3. The molecule has 0 atom stereocenters. The second kappa shape index (κ2) is 26.6. The van der Waals surface area contributed by atoms with E-state index in [2.05, 4.69) is 452 Å².